The van der Waals surface area contributed by atoms with Gasteiger partial charge < -0.3 is 5.11 Å². The van der Waals surface area contributed by atoms with Gasteiger partial charge in [-0.05, 0) is 23.8 Å². The first-order valence-electron chi connectivity index (χ1n) is 5.19. The maximum absolute atomic E-state index is 11.4. The molecule has 0 heterocycles. The number of rotatable bonds is 2. The summed E-state index contributed by atoms with van der Waals surface area (Å²) in [6.07, 6.45) is 0. The molecule has 0 saturated heterocycles. The normalized spacial score (nSPS) is 10.7. The van der Waals surface area contributed by atoms with Gasteiger partial charge in [-0.2, -0.15) is 0 Å². The van der Waals surface area contributed by atoms with E-state index in [0.717, 1.165) is 0 Å². The SMILES string of the molecule is O=C(O)c1cc(Br)ccc1-c1c(Cl)c(Cl)cc(Cl)c1Cl. The Kier molecular flexibility index (Phi) is 4.88. The zero-order chi connectivity index (χ0) is 15.0. The van der Waals surface area contributed by atoms with Gasteiger partial charge in [-0.25, -0.2) is 4.79 Å². The summed E-state index contributed by atoms with van der Waals surface area (Å²) in [7, 11) is 0. The van der Waals surface area contributed by atoms with E-state index in [9.17, 15) is 9.90 Å². The third-order valence-corrected chi connectivity index (χ3v) is 4.66. The van der Waals surface area contributed by atoms with Gasteiger partial charge in [0.05, 0.1) is 25.7 Å². The first-order valence-corrected chi connectivity index (χ1v) is 7.49. The van der Waals surface area contributed by atoms with Gasteiger partial charge in [0.1, 0.15) is 0 Å². The highest BCUT2D eigenvalue weighted by molar-refractivity contribution is 9.10. The Balaban J connectivity index is 2.85. The van der Waals surface area contributed by atoms with Crippen molar-refractivity contribution in [1.29, 1.82) is 0 Å². The molecule has 2 aromatic carbocycles. The molecule has 0 atom stereocenters. The van der Waals surface area contributed by atoms with Crippen molar-refractivity contribution in [3.63, 3.8) is 0 Å². The summed E-state index contributed by atoms with van der Waals surface area (Å²) < 4.78 is 0.624. The van der Waals surface area contributed by atoms with Crippen LogP contribution in [0.5, 0.6) is 0 Å². The second kappa shape index (κ2) is 6.12. The summed E-state index contributed by atoms with van der Waals surface area (Å²) in [6, 6.07) is 6.15. The Labute approximate surface area is 143 Å². The molecule has 0 unspecified atom stereocenters. The molecular weight excluding hydrogens is 410 g/mol. The Bertz CT molecular complexity index is 690. The monoisotopic (exact) mass is 412 g/mol. The fourth-order valence-corrected chi connectivity index (χ4v) is 3.10. The second-order valence-electron chi connectivity index (χ2n) is 3.84. The summed E-state index contributed by atoms with van der Waals surface area (Å²) in [5.74, 6) is -1.11. The lowest BCUT2D eigenvalue weighted by atomic mass is 9.99. The topological polar surface area (TPSA) is 37.3 Å². The lowest BCUT2D eigenvalue weighted by molar-refractivity contribution is 0.0697. The van der Waals surface area contributed by atoms with E-state index in [4.69, 9.17) is 46.4 Å². The summed E-state index contributed by atoms with van der Waals surface area (Å²) in [5.41, 5.74) is 0.692. The smallest absolute Gasteiger partial charge is 0.336 e. The van der Waals surface area contributed by atoms with Gasteiger partial charge in [0.15, 0.2) is 0 Å². The Morgan fingerprint density at radius 3 is 2.05 bits per heavy atom. The van der Waals surface area contributed by atoms with E-state index in [1.807, 2.05) is 0 Å². The van der Waals surface area contributed by atoms with Crippen LogP contribution in [-0.4, -0.2) is 11.1 Å². The van der Waals surface area contributed by atoms with E-state index in [1.165, 1.54) is 12.1 Å². The van der Waals surface area contributed by atoms with E-state index in [2.05, 4.69) is 15.9 Å². The van der Waals surface area contributed by atoms with Crippen LogP contribution in [0.4, 0.5) is 0 Å². The summed E-state index contributed by atoms with van der Waals surface area (Å²) in [4.78, 5) is 11.4. The molecule has 7 heteroatoms. The molecular formula is C13H5BrCl4O2. The van der Waals surface area contributed by atoms with Crippen LogP contribution in [0.2, 0.25) is 20.1 Å². The molecule has 0 radical (unpaired) electrons. The molecule has 2 aromatic rings. The molecule has 0 amide bonds. The highest BCUT2D eigenvalue weighted by atomic mass is 79.9. The van der Waals surface area contributed by atoms with Gasteiger partial charge in [-0.15, -0.1) is 0 Å². The van der Waals surface area contributed by atoms with E-state index >= 15 is 0 Å². The number of carboxylic acids is 1. The second-order valence-corrected chi connectivity index (χ2v) is 6.32. The van der Waals surface area contributed by atoms with Crippen molar-refractivity contribution in [3.8, 4) is 11.1 Å². The van der Waals surface area contributed by atoms with E-state index < -0.39 is 5.97 Å². The van der Waals surface area contributed by atoms with E-state index in [1.54, 1.807) is 12.1 Å². The minimum atomic E-state index is -1.11. The van der Waals surface area contributed by atoms with Crippen LogP contribution in [0.1, 0.15) is 10.4 Å². The van der Waals surface area contributed by atoms with Crippen molar-refractivity contribution in [2.45, 2.75) is 0 Å². The van der Waals surface area contributed by atoms with Crippen LogP contribution in [0, 0.1) is 0 Å². The predicted octanol–water partition coefficient (Wildman–Crippen LogP) is 6.43. The average molecular weight is 415 g/mol. The maximum atomic E-state index is 11.4. The molecule has 2 nitrogen and oxygen atoms in total. The summed E-state index contributed by atoms with van der Waals surface area (Å²) in [6.45, 7) is 0. The van der Waals surface area contributed by atoms with Crippen molar-refractivity contribution in [1.82, 2.24) is 0 Å². The van der Waals surface area contributed by atoms with Crippen molar-refractivity contribution in [2.75, 3.05) is 0 Å². The molecule has 2 rings (SSSR count). The summed E-state index contributed by atoms with van der Waals surface area (Å²) in [5, 5.41) is 10.0. The molecule has 1 N–H and O–H groups in total. The molecule has 0 aromatic heterocycles. The van der Waals surface area contributed by atoms with Gasteiger partial charge >= 0.3 is 5.97 Å². The lowest BCUT2D eigenvalue weighted by Gasteiger charge is -2.13. The van der Waals surface area contributed by atoms with Crippen LogP contribution >= 0.6 is 62.3 Å². The number of halogens is 5. The zero-order valence-corrected chi connectivity index (χ0v) is 14.2. The molecule has 104 valence electrons. The van der Waals surface area contributed by atoms with E-state index in [0.29, 0.717) is 15.6 Å². The quantitative estimate of drug-likeness (QED) is 0.575. The van der Waals surface area contributed by atoms with Crippen LogP contribution in [0.3, 0.4) is 0 Å². The molecule has 0 aliphatic carbocycles. The number of carboxylic acid groups (broad SMARTS) is 1. The highest BCUT2D eigenvalue weighted by Crippen LogP contribution is 2.44. The van der Waals surface area contributed by atoms with E-state index in [-0.39, 0.29) is 25.7 Å². The molecule has 0 saturated carbocycles. The molecule has 0 bridgehead atoms. The van der Waals surface area contributed by atoms with Gasteiger partial charge in [-0.1, -0.05) is 68.4 Å². The standard InChI is InChI=1S/C13H5BrCl4O2/c14-5-1-2-6(7(3-5)13(19)20)10-11(17)8(15)4-9(16)12(10)18/h1-4H,(H,19,20). The number of benzene rings is 2. The largest absolute Gasteiger partial charge is 0.478 e. The van der Waals surface area contributed by atoms with Crippen LogP contribution in [0.15, 0.2) is 28.7 Å². The molecule has 0 spiro atoms. The van der Waals surface area contributed by atoms with Crippen LogP contribution in [-0.2, 0) is 0 Å². The fourth-order valence-electron chi connectivity index (χ4n) is 1.72. The Morgan fingerprint density at radius 2 is 1.55 bits per heavy atom. The Hall–Kier alpha value is -0.450. The first-order chi connectivity index (χ1) is 9.32. The molecule has 0 fully saturated rings. The van der Waals surface area contributed by atoms with Crippen molar-refractivity contribution in [2.24, 2.45) is 0 Å². The number of hydrogen-bond donors (Lipinski definition) is 1. The third-order valence-electron chi connectivity index (χ3n) is 2.59. The number of aromatic carboxylic acids is 1. The lowest BCUT2D eigenvalue weighted by Crippen LogP contribution is -2.00. The minimum Gasteiger partial charge on any atom is -0.478 e. The molecule has 20 heavy (non-hydrogen) atoms. The van der Waals surface area contributed by atoms with Gasteiger partial charge in [0.25, 0.3) is 0 Å². The third kappa shape index (κ3) is 2.92. The first kappa shape index (κ1) is 15.9. The van der Waals surface area contributed by atoms with Gasteiger partial charge in [0, 0.05) is 10.0 Å². The van der Waals surface area contributed by atoms with Crippen LogP contribution in [0.25, 0.3) is 11.1 Å². The predicted molar refractivity (Wildman–Crippen MR) is 86.6 cm³/mol. The highest BCUT2D eigenvalue weighted by Gasteiger charge is 2.20. The number of carbonyl (C=O) groups is 1. The fraction of sp³-hybridized carbons (Fsp3) is 0. The van der Waals surface area contributed by atoms with Crippen molar-refractivity contribution in [3.05, 3.63) is 54.4 Å². The average Bonchev–Trinajstić information content (AvgIpc) is 2.38. The van der Waals surface area contributed by atoms with Crippen molar-refractivity contribution < 1.29 is 9.90 Å². The zero-order valence-electron chi connectivity index (χ0n) is 9.55. The Morgan fingerprint density at radius 1 is 1.00 bits per heavy atom. The minimum absolute atomic E-state index is 0.0431. The molecule has 0 aliphatic heterocycles. The summed E-state index contributed by atoms with van der Waals surface area (Å²) >= 11 is 27.5. The van der Waals surface area contributed by atoms with Gasteiger partial charge in [0.2, 0.25) is 0 Å². The maximum Gasteiger partial charge on any atom is 0.336 e. The van der Waals surface area contributed by atoms with Crippen LogP contribution < -0.4 is 0 Å². The molecule has 0 aliphatic rings. The van der Waals surface area contributed by atoms with Gasteiger partial charge in [-0.3, -0.25) is 0 Å². The number of hydrogen-bond acceptors (Lipinski definition) is 1. The van der Waals surface area contributed by atoms with Crippen molar-refractivity contribution >= 4 is 68.3 Å².